The minimum absolute atomic E-state index is 0. The molecule has 6 rings (SSSR count). The summed E-state index contributed by atoms with van der Waals surface area (Å²) in [5.74, 6) is 1.50. The summed E-state index contributed by atoms with van der Waals surface area (Å²) in [5.41, 5.74) is 4.04. The summed E-state index contributed by atoms with van der Waals surface area (Å²) in [7, 11) is 0. The van der Waals surface area contributed by atoms with Crippen molar-refractivity contribution in [3.8, 4) is 23.0 Å². The number of para-hydroxylation sites is 1. The summed E-state index contributed by atoms with van der Waals surface area (Å²) in [5, 5.41) is 14.6. The summed E-state index contributed by atoms with van der Waals surface area (Å²) in [4.78, 5) is 12.9. The van der Waals surface area contributed by atoms with Crippen molar-refractivity contribution < 1.29 is 79.0 Å². The molecule has 6 heteroatoms. The predicted molar refractivity (Wildman–Crippen MR) is 115 cm³/mol. The van der Waals surface area contributed by atoms with Gasteiger partial charge in [0.2, 0.25) is 5.82 Å². The Balaban J connectivity index is 0.00000204. The van der Waals surface area contributed by atoms with Crippen molar-refractivity contribution in [2.75, 3.05) is 0 Å². The molecule has 3 aromatic heterocycles. The second kappa shape index (κ2) is 8.39. The molecule has 0 bridgehead atoms. The maximum Gasteiger partial charge on any atom is 1.00 e. The van der Waals surface area contributed by atoms with E-state index >= 15 is 0 Å². The van der Waals surface area contributed by atoms with Gasteiger partial charge in [0.25, 0.3) is 5.82 Å². The second-order valence-corrected chi connectivity index (χ2v) is 7.21. The van der Waals surface area contributed by atoms with Gasteiger partial charge in [-0.1, -0.05) is 54.3 Å². The average molecular weight is 521 g/mol. The van der Waals surface area contributed by atoms with Gasteiger partial charge < -0.3 is 5.11 Å². The van der Waals surface area contributed by atoms with Gasteiger partial charge >= 0.3 is 68.9 Å². The zero-order valence-corrected chi connectivity index (χ0v) is 23.2. The fraction of sp³-hybridized carbons (Fsp3) is 0. The maximum absolute atomic E-state index is 12.5. The molecule has 3 aromatic carbocycles. The molecular formula is C25H16CsN4O+. The van der Waals surface area contributed by atoms with E-state index in [1.807, 2.05) is 65.2 Å². The number of hydrogen-bond donors (Lipinski definition) is 0. The standard InChI is InChI=1S/C25H16N4O.Cs/c30-20-10-4-9-19-24(20)28-25(18-6-2-1-3-7-18)29(19)21-14-13-17-12-11-16-8-5-15-26-22(16)23(17)27-21;/h1-15,30H;/q;+1. The van der Waals surface area contributed by atoms with E-state index in [1.54, 1.807) is 18.3 Å². The van der Waals surface area contributed by atoms with Crippen LogP contribution in [0.3, 0.4) is 0 Å². The summed E-state index contributed by atoms with van der Waals surface area (Å²) in [6, 6.07) is 27.4. The number of rotatable bonds is 2. The first-order valence-electron chi connectivity index (χ1n) is 9.74. The molecule has 0 radical (unpaired) electrons. The van der Waals surface area contributed by atoms with Crippen LogP contribution in [0.15, 0.2) is 91.1 Å². The first-order valence-corrected chi connectivity index (χ1v) is 9.74. The second-order valence-electron chi connectivity index (χ2n) is 7.21. The van der Waals surface area contributed by atoms with E-state index < -0.39 is 0 Å². The van der Waals surface area contributed by atoms with Crippen LogP contribution in [0.2, 0.25) is 0 Å². The number of nitrogens with one attached hydrogen (secondary N) is 1. The minimum atomic E-state index is -0.0451. The van der Waals surface area contributed by atoms with Gasteiger partial charge in [-0.25, -0.2) is 9.97 Å². The number of H-pyrrole nitrogens is 1. The summed E-state index contributed by atoms with van der Waals surface area (Å²) >= 11 is 0. The van der Waals surface area contributed by atoms with Crippen LogP contribution in [0.1, 0.15) is 0 Å². The molecule has 142 valence electrons. The van der Waals surface area contributed by atoms with Crippen LogP contribution >= 0.6 is 0 Å². The maximum atomic E-state index is 12.5. The van der Waals surface area contributed by atoms with Crippen molar-refractivity contribution >= 4 is 32.8 Å². The Morgan fingerprint density at radius 3 is 2.35 bits per heavy atom. The van der Waals surface area contributed by atoms with Gasteiger partial charge in [0.05, 0.1) is 11.1 Å². The summed E-state index contributed by atoms with van der Waals surface area (Å²) in [6.07, 6.45) is 1.79. The smallest absolute Gasteiger partial charge is 0.869 e. The van der Waals surface area contributed by atoms with Crippen LogP contribution < -0.4 is 79.0 Å². The topological polar surface area (TPSA) is 67.9 Å². The van der Waals surface area contributed by atoms with Crippen molar-refractivity contribution in [1.82, 2.24) is 14.5 Å². The number of benzene rings is 3. The number of hydrogen-bond acceptors (Lipinski definition) is 3. The van der Waals surface area contributed by atoms with Crippen LogP contribution in [0.4, 0.5) is 0 Å². The molecule has 0 atom stereocenters. The molecule has 0 aliphatic heterocycles. The van der Waals surface area contributed by atoms with E-state index in [0.29, 0.717) is 5.52 Å². The predicted octanol–water partition coefficient (Wildman–Crippen LogP) is 1.29. The SMILES string of the molecule is [Cs+].[O-]c1cccc2c1[nH+]c(-c1ccccc1)n2-c1ccc2ccc3cccnc3c2n1. The molecule has 0 spiro atoms. The molecule has 0 aliphatic carbocycles. The quantitative estimate of drug-likeness (QED) is 0.323. The minimum Gasteiger partial charge on any atom is -0.869 e. The third kappa shape index (κ3) is 3.49. The molecular weight excluding hydrogens is 505 g/mol. The van der Waals surface area contributed by atoms with Gasteiger partial charge in [-0.2, -0.15) is 4.57 Å². The fourth-order valence-corrected chi connectivity index (χ4v) is 4.00. The monoisotopic (exact) mass is 521 g/mol. The van der Waals surface area contributed by atoms with E-state index in [1.165, 1.54) is 0 Å². The third-order valence-corrected chi connectivity index (χ3v) is 5.41. The van der Waals surface area contributed by atoms with E-state index in [-0.39, 0.29) is 74.6 Å². The van der Waals surface area contributed by atoms with Gasteiger partial charge in [0.15, 0.2) is 11.0 Å². The number of fused-ring (bicyclic) bond motifs is 4. The van der Waals surface area contributed by atoms with Crippen molar-refractivity contribution in [2.24, 2.45) is 0 Å². The Morgan fingerprint density at radius 1 is 0.742 bits per heavy atom. The van der Waals surface area contributed by atoms with Crippen molar-refractivity contribution in [3.63, 3.8) is 0 Å². The molecule has 3 heterocycles. The van der Waals surface area contributed by atoms with Crippen molar-refractivity contribution in [3.05, 3.63) is 91.1 Å². The largest absolute Gasteiger partial charge is 1.00 e. The van der Waals surface area contributed by atoms with Crippen LogP contribution in [-0.4, -0.2) is 14.5 Å². The first kappa shape index (κ1) is 20.7. The van der Waals surface area contributed by atoms with E-state index in [2.05, 4.69) is 22.1 Å². The van der Waals surface area contributed by atoms with Gasteiger partial charge in [-0.05, 0) is 30.3 Å². The zero-order chi connectivity index (χ0) is 20.1. The van der Waals surface area contributed by atoms with Crippen molar-refractivity contribution in [1.29, 1.82) is 0 Å². The number of pyridine rings is 2. The molecule has 0 saturated heterocycles. The van der Waals surface area contributed by atoms with Gasteiger partial charge in [-0.3, -0.25) is 4.98 Å². The zero-order valence-electron chi connectivity index (χ0n) is 16.9. The molecule has 0 aliphatic rings. The Morgan fingerprint density at radius 2 is 1.52 bits per heavy atom. The van der Waals surface area contributed by atoms with Crippen LogP contribution in [0.25, 0.3) is 50.0 Å². The number of aromatic amines is 1. The Kier molecular flexibility index (Phi) is 5.60. The molecule has 0 fully saturated rings. The van der Waals surface area contributed by atoms with Gasteiger partial charge in [-0.15, -0.1) is 0 Å². The molecule has 31 heavy (non-hydrogen) atoms. The molecule has 0 saturated carbocycles. The number of imidazole rings is 1. The van der Waals surface area contributed by atoms with Crippen LogP contribution in [-0.2, 0) is 0 Å². The molecule has 0 amide bonds. The van der Waals surface area contributed by atoms with Crippen molar-refractivity contribution in [2.45, 2.75) is 0 Å². The Bertz CT molecular complexity index is 1560. The summed E-state index contributed by atoms with van der Waals surface area (Å²) < 4.78 is 2.01. The third-order valence-electron chi connectivity index (χ3n) is 5.41. The van der Waals surface area contributed by atoms with E-state index in [9.17, 15) is 5.11 Å². The molecule has 5 nitrogen and oxygen atoms in total. The van der Waals surface area contributed by atoms with Crippen LogP contribution in [0.5, 0.6) is 5.75 Å². The Hall–Kier alpha value is -2.20. The first-order chi connectivity index (χ1) is 14.8. The number of nitrogens with zero attached hydrogens (tertiary/aromatic N) is 3. The fourth-order valence-electron chi connectivity index (χ4n) is 4.00. The normalized spacial score (nSPS) is 11.1. The molecule has 6 aromatic rings. The van der Waals surface area contributed by atoms with Gasteiger partial charge in [0, 0.05) is 23.0 Å². The summed E-state index contributed by atoms with van der Waals surface area (Å²) in [6.45, 7) is 0. The van der Waals surface area contributed by atoms with E-state index in [4.69, 9.17) is 4.98 Å². The van der Waals surface area contributed by atoms with E-state index in [0.717, 1.165) is 44.5 Å². The van der Waals surface area contributed by atoms with Gasteiger partial charge in [0.1, 0.15) is 5.52 Å². The molecule has 1 N–H and O–H groups in total. The Labute approximate surface area is 237 Å². The number of aromatic nitrogens is 4. The van der Waals surface area contributed by atoms with Crippen LogP contribution in [0, 0.1) is 0 Å². The molecule has 0 unspecified atom stereocenters. The average Bonchev–Trinajstić information content (AvgIpc) is 3.20.